The summed E-state index contributed by atoms with van der Waals surface area (Å²) in [4.78, 5) is 13.7. The molecule has 8 heteroatoms. The molecule has 0 saturated heterocycles. The fourth-order valence-electron chi connectivity index (χ4n) is 2.67. The summed E-state index contributed by atoms with van der Waals surface area (Å²) >= 11 is 1.63. The van der Waals surface area contributed by atoms with Crippen molar-refractivity contribution in [1.29, 1.82) is 0 Å². The second-order valence-corrected chi connectivity index (χ2v) is 9.14. The number of nitrogens with one attached hydrogen (secondary N) is 1. The summed E-state index contributed by atoms with van der Waals surface area (Å²) in [6, 6.07) is 15.7. The maximum atomic E-state index is 12.5. The van der Waals surface area contributed by atoms with E-state index < -0.39 is 16.1 Å². The van der Waals surface area contributed by atoms with Crippen molar-refractivity contribution in [2.75, 3.05) is 29.5 Å². The van der Waals surface area contributed by atoms with Crippen LogP contribution in [0.3, 0.4) is 0 Å². The first-order valence-corrected chi connectivity index (χ1v) is 11.8. The van der Waals surface area contributed by atoms with Crippen molar-refractivity contribution < 1.29 is 17.9 Å². The molecule has 0 aliphatic carbocycles. The molecule has 0 unspecified atom stereocenters. The number of hydrogen-bond acceptors (Lipinski definition) is 5. The lowest BCUT2D eigenvalue weighted by molar-refractivity contribution is -0.121. The molecule has 0 aliphatic rings. The lowest BCUT2D eigenvalue weighted by Gasteiger charge is -2.28. The van der Waals surface area contributed by atoms with Gasteiger partial charge < -0.3 is 10.1 Å². The number of carbonyl (C=O) groups excluding carboxylic acids is 1. The van der Waals surface area contributed by atoms with Crippen molar-refractivity contribution in [2.24, 2.45) is 0 Å². The zero-order valence-electron chi connectivity index (χ0n) is 16.3. The summed E-state index contributed by atoms with van der Waals surface area (Å²) in [5, 5.41) is 2.82. The van der Waals surface area contributed by atoms with E-state index in [1.54, 1.807) is 43.0 Å². The third-order valence-corrected chi connectivity index (χ3v) is 6.16. The van der Waals surface area contributed by atoms with Gasteiger partial charge >= 0.3 is 0 Å². The van der Waals surface area contributed by atoms with Crippen LogP contribution in [0.25, 0.3) is 0 Å². The number of hydrogen-bond donors (Lipinski definition) is 1. The summed E-state index contributed by atoms with van der Waals surface area (Å²) in [5.41, 5.74) is 0.423. The highest BCUT2D eigenvalue weighted by atomic mass is 32.2. The highest BCUT2D eigenvalue weighted by Gasteiger charge is 2.28. The van der Waals surface area contributed by atoms with Crippen LogP contribution < -0.4 is 14.4 Å². The summed E-state index contributed by atoms with van der Waals surface area (Å²) in [7, 11) is -3.63. The van der Waals surface area contributed by atoms with Gasteiger partial charge in [0.25, 0.3) is 0 Å². The molecule has 0 radical (unpaired) electrons. The van der Waals surface area contributed by atoms with Gasteiger partial charge in [-0.1, -0.05) is 18.2 Å². The molecule has 1 N–H and O–H groups in total. The molecule has 0 aliphatic heterocycles. The highest BCUT2D eigenvalue weighted by molar-refractivity contribution is 7.99. The predicted molar refractivity (Wildman–Crippen MR) is 115 cm³/mol. The van der Waals surface area contributed by atoms with Crippen molar-refractivity contribution in [3.8, 4) is 5.75 Å². The SMILES string of the molecule is CCOc1ccc(N([C@H](C)C(=O)NCCSc2ccccc2)S(C)(=O)=O)cc1. The van der Waals surface area contributed by atoms with Gasteiger partial charge in [-0.25, -0.2) is 8.42 Å². The standard InChI is InChI=1S/C20H26N2O4S2/c1-4-26-18-12-10-17(11-13-18)22(28(3,24)25)16(2)20(23)21-14-15-27-19-8-6-5-7-9-19/h5-13,16H,4,14-15H2,1-3H3,(H,21,23)/t16-/m1/s1. The van der Waals surface area contributed by atoms with E-state index >= 15 is 0 Å². The first-order chi connectivity index (χ1) is 13.3. The molecule has 0 bridgehead atoms. The zero-order valence-corrected chi connectivity index (χ0v) is 17.9. The fourth-order valence-corrected chi connectivity index (χ4v) is 4.64. The van der Waals surface area contributed by atoms with E-state index in [0.717, 1.165) is 15.5 Å². The zero-order chi connectivity index (χ0) is 20.6. The number of sulfonamides is 1. The first-order valence-electron chi connectivity index (χ1n) is 9.00. The Hall–Kier alpha value is -2.19. The van der Waals surface area contributed by atoms with Gasteiger partial charge in [0, 0.05) is 17.2 Å². The Labute approximate surface area is 171 Å². The molecular weight excluding hydrogens is 396 g/mol. The average Bonchev–Trinajstić information content (AvgIpc) is 2.66. The maximum Gasteiger partial charge on any atom is 0.243 e. The van der Waals surface area contributed by atoms with Gasteiger partial charge in [0.05, 0.1) is 18.6 Å². The smallest absolute Gasteiger partial charge is 0.243 e. The van der Waals surface area contributed by atoms with Crippen molar-refractivity contribution >= 4 is 33.4 Å². The monoisotopic (exact) mass is 422 g/mol. The van der Waals surface area contributed by atoms with Gasteiger partial charge in [0.15, 0.2) is 0 Å². The molecule has 1 amide bonds. The molecule has 2 rings (SSSR count). The molecule has 2 aromatic rings. The summed E-state index contributed by atoms with van der Waals surface area (Å²) in [6.07, 6.45) is 1.10. The van der Waals surface area contributed by atoms with Crippen LogP contribution in [0.1, 0.15) is 13.8 Å². The number of carbonyl (C=O) groups is 1. The molecule has 2 aromatic carbocycles. The Kier molecular flexibility index (Phi) is 8.19. The minimum absolute atomic E-state index is 0.340. The fraction of sp³-hybridized carbons (Fsp3) is 0.350. The number of amides is 1. The van der Waals surface area contributed by atoms with E-state index in [-0.39, 0.29) is 5.91 Å². The van der Waals surface area contributed by atoms with E-state index in [0.29, 0.717) is 30.3 Å². The van der Waals surface area contributed by atoms with Crippen molar-refractivity contribution in [3.05, 3.63) is 54.6 Å². The number of benzene rings is 2. The van der Waals surface area contributed by atoms with Gasteiger partial charge in [0.2, 0.25) is 15.9 Å². The number of nitrogens with zero attached hydrogens (tertiary/aromatic N) is 1. The molecular formula is C20H26N2O4S2. The van der Waals surface area contributed by atoms with E-state index in [4.69, 9.17) is 4.74 Å². The Morgan fingerprint density at radius 1 is 1.14 bits per heavy atom. The minimum Gasteiger partial charge on any atom is -0.494 e. The van der Waals surface area contributed by atoms with Crippen molar-refractivity contribution in [1.82, 2.24) is 5.32 Å². The Morgan fingerprint density at radius 3 is 2.36 bits per heavy atom. The number of rotatable bonds is 10. The lowest BCUT2D eigenvalue weighted by atomic mass is 10.2. The topological polar surface area (TPSA) is 75.7 Å². The second kappa shape index (κ2) is 10.4. The van der Waals surface area contributed by atoms with Crippen LogP contribution >= 0.6 is 11.8 Å². The Morgan fingerprint density at radius 2 is 1.79 bits per heavy atom. The van der Waals surface area contributed by atoms with Gasteiger partial charge in [-0.3, -0.25) is 9.10 Å². The summed E-state index contributed by atoms with van der Waals surface area (Å²) in [5.74, 6) is 1.01. The van der Waals surface area contributed by atoms with Crippen LogP contribution in [0.15, 0.2) is 59.5 Å². The molecule has 1 atom stereocenters. The number of ether oxygens (including phenoxy) is 1. The van der Waals surface area contributed by atoms with Crippen LogP contribution in [0, 0.1) is 0 Å². The maximum absolute atomic E-state index is 12.5. The van der Waals surface area contributed by atoms with Crippen LogP contribution in [-0.4, -0.2) is 45.5 Å². The highest BCUT2D eigenvalue weighted by Crippen LogP contribution is 2.24. The average molecular weight is 423 g/mol. The third kappa shape index (κ3) is 6.45. The van der Waals surface area contributed by atoms with E-state index in [1.165, 1.54) is 0 Å². The molecule has 0 fully saturated rings. The molecule has 28 heavy (non-hydrogen) atoms. The lowest BCUT2D eigenvalue weighted by Crippen LogP contribution is -2.48. The van der Waals surface area contributed by atoms with Crippen LogP contribution in [0.2, 0.25) is 0 Å². The summed E-state index contributed by atoms with van der Waals surface area (Å²) < 4.78 is 31.1. The Balaban J connectivity index is 1.99. The normalized spacial score (nSPS) is 12.2. The van der Waals surface area contributed by atoms with E-state index in [9.17, 15) is 13.2 Å². The summed E-state index contributed by atoms with van der Waals surface area (Å²) in [6.45, 7) is 4.43. The third-order valence-electron chi connectivity index (χ3n) is 3.90. The number of thioether (sulfide) groups is 1. The van der Waals surface area contributed by atoms with E-state index in [1.807, 2.05) is 37.3 Å². The van der Waals surface area contributed by atoms with Crippen LogP contribution in [0.5, 0.6) is 5.75 Å². The van der Waals surface area contributed by atoms with Gasteiger partial charge in [-0.2, -0.15) is 0 Å². The molecule has 0 aromatic heterocycles. The molecule has 6 nitrogen and oxygen atoms in total. The second-order valence-electron chi connectivity index (χ2n) is 6.11. The van der Waals surface area contributed by atoms with Crippen molar-refractivity contribution in [3.63, 3.8) is 0 Å². The molecule has 0 spiro atoms. The molecule has 0 saturated carbocycles. The van der Waals surface area contributed by atoms with Crippen LogP contribution in [0.4, 0.5) is 5.69 Å². The number of anilines is 1. The Bertz CT molecular complexity index is 856. The van der Waals surface area contributed by atoms with E-state index in [2.05, 4.69) is 5.32 Å². The van der Waals surface area contributed by atoms with Crippen molar-refractivity contribution in [2.45, 2.75) is 24.8 Å². The van der Waals surface area contributed by atoms with Crippen LogP contribution in [-0.2, 0) is 14.8 Å². The molecule has 152 valence electrons. The first kappa shape index (κ1) is 22.1. The quantitative estimate of drug-likeness (QED) is 0.470. The van der Waals surface area contributed by atoms with Gasteiger partial charge in [0.1, 0.15) is 11.8 Å². The predicted octanol–water partition coefficient (Wildman–Crippen LogP) is 3.15. The minimum atomic E-state index is -3.63. The van der Waals surface area contributed by atoms with Gasteiger partial charge in [-0.15, -0.1) is 11.8 Å². The molecule has 0 heterocycles. The van der Waals surface area contributed by atoms with Gasteiger partial charge in [-0.05, 0) is 50.2 Å². The largest absolute Gasteiger partial charge is 0.494 e.